The summed E-state index contributed by atoms with van der Waals surface area (Å²) in [5, 5.41) is 3.09. The molecule has 3 nitrogen and oxygen atoms in total. The Kier molecular flexibility index (Phi) is 3.59. The fourth-order valence-electron chi connectivity index (χ4n) is 2.71. The van der Waals surface area contributed by atoms with E-state index < -0.39 is 6.17 Å². The maximum atomic E-state index is 13.7. The highest BCUT2D eigenvalue weighted by molar-refractivity contribution is 4.88. The molecule has 2 fully saturated rings. The monoisotopic (exact) mass is 216 g/mol. The second-order valence-corrected chi connectivity index (χ2v) is 4.79. The Morgan fingerprint density at radius 1 is 1.27 bits per heavy atom. The summed E-state index contributed by atoms with van der Waals surface area (Å²) >= 11 is 0. The van der Waals surface area contributed by atoms with Gasteiger partial charge in [0.15, 0.2) is 0 Å². The van der Waals surface area contributed by atoms with Gasteiger partial charge < -0.3 is 10.1 Å². The van der Waals surface area contributed by atoms with Crippen molar-refractivity contribution in [2.24, 2.45) is 0 Å². The topological polar surface area (TPSA) is 24.5 Å². The van der Waals surface area contributed by atoms with Crippen molar-refractivity contribution in [2.75, 3.05) is 26.2 Å². The highest BCUT2D eigenvalue weighted by Gasteiger charge is 2.34. The molecule has 2 aliphatic heterocycles. The van der Waals surface area contributed by atoms with Crippen LogP contribution in [0.4, 0.5) is 4.39 Å². The van der Waals surface area contributed by atoms with Gasteiger partial charge in [-0.05, 0) is 26.8 Å². The molecule has 0 aromatic carbocycles. The van der Waals surface area contributed by atoms with E-state index in [0.717, 1.165) is 26.1 Å². The Bertz CT molecular complexity index is 205. The lowest BCUT2D eigenvalue weighted by molar-refractivity contribution is -0.0920. The number of morpholine rings is 1. The van der Waals surface area contributed by atoms with Gasteiger partial charge in [0.2, 0.25) is 0 Å². The molecular weight excluding hydrogens is 195 g/mol. The Morgan fingerprint density at radius 3 is 2.53 bits per heavy atom. The Hall–Kier alpha value is -0.190. The molecule has 0 spiro atoms. The molecule has 2 heterocycles. The van der Waals surface area contributed by atoms with Gasteiger partial charge in [0.25, 0.3) is 0 Å². The zero-order chi connectivity index (χ0) is 10.8. The first-order valence-corrected chi connectivity index (χ1v) is 5.91. The Morgan fingerprint density at radius 2 is 1.93 bits per heavy atom. The molecule has 0 bridgehead atoms. The van der Waals surface area contributed by atoms with Gasteiger partial charge in [0.1, 0.15) is 6.17 Å². The second-order valence-electron chi connectivity index (χ2n) is 4.79. The Labute approximate surface area is 91.0 Å². The molecule has 0 aromatic rings. The normalized spacial score (nSPS) is 44.2. The second kappa shape index (κ2) is 4.76. The van der Waals surface area contributed by atoms with Crippen molar-refractivity contribution in [1.82, 2.24) is 10.2 Å². The summed E-state index contributed by atoms with van der Waals surface area (Å²) in [6.45, 7) is 7.31. The van der Waals surface area contributed by atoms with Crippen LogP contribution in [0.5, 0.6) is 0 Å². The summed E-state index contributed by atoms with van der Waals surface area (Å²) < 4.78 is 19.4. The third-order valence-electron chi connectivity index (χ3n) is 3.29. The number of ether oxygens (including phenoxy) is 1. The molecule has 4 unspecified atom stereocenters. The molecule has 0 aliphatic carbocycles. The van der Waals surface area contributed by atoms with E-state index in [0.29, 0.717) is 6.54 Å². The van der Waals surface area contributed by atoms with Crippen molar-refractivity contribution in [2.45, 2.75) is 44.7 Å². The van der Waals surface area contributed by atoms with Crippen molar-refractivity contribution in [3.63, 3.8) is 0 Å². The molecule has 2 saturated heterocycles. The number of piperidine rings is 1. The van der Waals surface area contributed by atoms with E-state index in [1.165, 1.54) is 0 Å². The minimum Gasteiger partial charge on any atom is -0.373 e. The first kappa shape index (κ1) is 11.3. The standard InChI is InChI=1S/C11H21FN2O/c1-8-6-14(7-9(2)15-8)11-3-4-13-5-10(11)12/h8-11,13H,3-7H2,1-2H3. The minimum atomic E-state index is -0.726. The van der Waals surface area contributed by atoms with Gasteiger partial charge in [-0.15, -0.1) is 0 Å². The first-order chi connectivity index (χ1) is 7.16. The van der Waals surface area contributed by atoms with Gasteiger partial charge in [0.05, 0.1) is 12.2 Å². The van der Waals surface area contributed by atoms with Gasteiger partial charge in [-0.3, -0.25) is 4.90 Å². The average Bonchev–Trinajstić information content (AvgIpc) is 2.16. The summed E-state index contributed by atoms with van der Waals surface area (Å²) in [5.41, 5.74) is 0. The molecule has 0 aromatic heterocycles. The van der Waals surface area contributed by atoms with Crippen LogP contribution in [0.3, 0.4) is 0 Å². The number of rotatable bonds is 1. The molecule has 88 valence electrons. The predicted octanol–water partition coefficient (Wildman–Crippen LogP) is 0.796. The lowest BCUT2D eigenvalue weighted by atomic mass is 10.0. The summed E-state index contributed by atoms with van der Waals surface area (Å²) in [6, 6.07) is 0.0973. The van der Waals surface area contributed by atoms with Crippen LogP contribution >= 0.6 is 0 Å². The van der Waals surface area contributed by atoms with E-state index in [9.17, 15) is 4.39 Å². The van der Waals surface area contributed by atoms with Crippen LogP contribution in [0.15, 0.2) is 0 Å². The molecular formula is C11H21FN2O. The van der Waals surface area contributed by atoms with Crippen LogP contribution in [0.25, 0.3) is 0 Å². The fraction of sp³-hybridized carbons (Fsp3) is 1.00. The van der Waals surface area contributed by atoms with Crippen molar-refractivity contribution in [3.8, 4) is 0 Å². The number of hydrogen-bond acceptors (Lipinski definition) is 3. The van der Waals surface area contributed by atoms with E-state index in [-0.39, 0.29) is 18.2 Å². The third-order valence-corrected chi connectivity index (χ3v) is 3.29. The smallest absolute Gasteiger partial charge is 0.128 e. The molecule has 0 radical (unpaired) electrons. The van der Waals surface area contributed by atoms with Gasteiger partial charge >= 0.3 is 0 Å². The van der Waals surface area contributed by atoms with Gasteiger partial charge in [0, 0.05) is 25.7 Å². The molecule has 0 amide bonds. The quantitative estimate of drug-likeness (QED) is 0.701. The summed E-state index contributed by atoms with van der Waals surface area (Å²) in [7, 11) is 0. The maximum absolute atomic E-state index is 13.7. The van der Waals surface area contributed by atoms with Gasteiger partial charge in [-0.25, -0.2) is 4.39 Å². The van der Waals surface area contributed by atoms with E-state index in [2.05, 4.69) is 24.1 Å². The van der Waals surface area contributed by atoms with E-state index in [1.807, 2.05) is 0 Å². The maximum Gasteiger partial charge on any atom is 0.128 e. The van der Waals surface area contributed by atoms with Crippen LogP contribution in [0.2, 0.25) is 0 Å². The van der Waals surface area contributed by atoms with Crippen LogP contribution in [-0.4, -0.2) is 55.5 Å². The van der Waals surface area contributed by atoms with Crippen LogP contribution < -0.4 is 5.32 Å². The van der Waals surface area contributed by atoms with Crippen molar-refractivity contribution < 1.29 is 9.13 Å². The van der Waals surface area contributed by atoms with Crippen molar-refractivity contribution >= 4 is 0 Å². The van der Waals surface area contributed by atoms with E-state index in [1.54, 1.807) is 0 Å². The third kappa shape index (κ3) is 2.68. The zero-order valence-electron chi connectivity index (χ0n) is 9.58. The largest absolute Gasteiger partial charge is 0.373 e. The molecule has 4 atom stereocenters. The highest BCUT2D eigenvalue weighted by atomic mass is 19.1. The number of nitrogens with one attached hydrogen (secondary N) is 1. The van der Waals surface area contributed by atoms with E-state index >= 15 is 0 Å². The van der Waals surface area contributed by atoms with Crippen LogP contribution in [-0.2, 0) is 4.74 Å². The molecule has 15 heavy (non-hydrogen) atoms. The molecule has 2 rings (SSSR count). The fourth-order valence-corrected chi connectivity index (χ4v) is 2.71. The average molecular weight is 216 g/mol. The first-order valence-electron chi connectivity index (χ1n) is 5.91. The minimum absolute atomic E-state index is 0.0973. The van der Waals surface area contributed by atoms with Gasteiger partial charge in [-0.1, -0.05) is 0 Å². The molecule has 0 saturated carbocycles. The van der Waals surface area contributed by atoms with E-state index in [4.69, 9.17) is 4.74 Å². The van der Waals surface area contributed by atoms with Crippen molar-refractivity contribution in [3.05, 3.63) is 0 Å². The summed E-state index contributed by atoms with van der Waals surface area (Å²) in [5.74, 6) is 0. The number of alkyl halides is 1. The molecule has 2 aliphatic rings. The number of nitrogens with zero attached hydrogens (tertiary/aromatic N) is 1. The lowest BCUT2D eigenvalue weighted by Gasteiger charge is -2.42. The Balaban J connectivity index is 1.95. The highest BCUT2D eigenvalue weighted by Crippen LogP contribution is 2.20. The number of hydrogen-bond donors (Lipinski definition) is 1. The molecule has 1 N–H and O–H groups in total. The van der Waals surface area contributed by atoms with Gasteiger partial charge in [-0.2, -0.15) is 0 Å². The van der Waals surface area contributed by atoms with Crippen LogP contribution in [0, 0.1) is 0 Å². The van der Waals surface area contributed by atoms with Crippen molar-refractivity contribution in [1.29, 1.82) is 0 Å². The lowest BCUT2D eigenvalue weighted by Crippen LogP contribution is -2.57. The predicted molar refractivity (Wildman–Crippen MR) is 57.8 cm³/mol. The zero-order valence-corrected chi connectivity index (χ0v) is 9.58. The SMILES string of the molecule is CC1CN(C2CCNCC2F)CC(C)O1. The summed E-state index contributed by atoms with van der Waals surface area (Å²) in [4.78, 5) is 2.27. The summed E-state index contributed by atoms with van der Waals surface area (Å²) in [6.07, 6.45) is 0.656. The molecule has 4 heteroatoms. The van der Waals surface area contributed by atoms with Crippen LogP contribution in [0.1, 0.15) is 20.3 Å². The number of halogens is 1.